The van der Waals surface area contributed by atoms with Gasteiger partial charge in [0.15, 0.2) is 0 Å². The van der Waals surface area contributed by atoms with Gasteiger partial charge in [-0.1, -0.05) is 42.5 Å². The molecule has 0 fully saturated rings. The number of rotatable bonds is 5. The lowest BCUT2D eigenvalue weighted by Gasteiger charge is -2.07. The Bertz CT molecular complexity index is 853. The van der Waals surface area contributed by atoms with E-state index in [1.165, 1.54) is 0 Å². The fourth-order valence-electron chi connectivity index (χ4n) is 2.58. The van der Waals surface area contributed by atoms with Gasteiger partial charge in [0.05, 0.1) is 17.5 Å². The molecule has 0 aliphatic heterocycles. The number of aliphatic carboxylic acids is 1. The molecule has 5 heteroatoms. The first-order valence-electron chi connectivity index (χ1n) is 7.40. The van der Waals surface area contributed by atoms with Crippen LogP contribution in [0.4, 0.5) is 0 Å². The van der Waals surface area contributed by atoms with E-state index in [0.29, 0.717) is 17.8 Å². The van der Waals surface area contributed by atoms with Gasteiger partial charge in [-0.3, -0.25) is 14.2 Å². The second kappa shape index (κ2) is 6.44. The number of carbonyl (C=O) groups is 2. The van der Waals surface area contributed by atoms with Crippen molar-refractivity contribution in [1.29, 1.82) is 0 Å². The van der Waals surface area contributed by atoms with Gasteiger partial charge in [-0.25, -0.2) is 4.98 Å². The third-order valence-corrected chi connectivity index (χ3v) is 3.64. The van der Waals surface area contributed by atoms with Crippen molar-refractivity contribution in [1.82, 2.24) is 9.55 Å². The topological polar surface area (TPSA) is 72.2 Å². The van der Waals surface area contributed by atoms with E-state index in [0.717, 1.165) is 11.1 Å². The molecule has 0 spiro atoms. The smallest absolute Gasteiger partial charge is 0.303 e. The van der Waals surface area contributed by atoms with E-state index in [2.05, 4.69) is 4.98 Å². The number of carboxylic acids is 1. The summed E-state index contributed by atoms with van der Waals surface area (Å²) in [5, 5.41) is 8.80. The molecule has 3 rings (SSSR count). The Balaban J connectivity index is 2.01. The quantitative estimate of drug-likeness (QED) is 0.786. The van der Waals surface area contributed by atoms with E-state index < -0.39 is 5.97 Å². The molecule has 1 N–H and O–H groups in total. The van der Waals surface area contributed by atoms with Gasteiger partial charge in [0, 0.05) is 12.8 Å². The first-order valence-corrected chi connectivity index (χ1v) is 7.40. The van der Waals surface area contributed by atoms with Crippen LogP contribution in [0.3, 0.4) is 0 Å². The molecule has 1 heterocycles. The zero-order valence-electron chi connectivity index (χ0n) is 12.5. The fraction of sp³-hybridized carbons (Fsp3) is 0.167. The van der Waals surface area contributed by atoms with Crippen LogP contribution in [0.2, 0.25) is 0 Å². The molecule has 0 unspecified atom stereocenters. The summed E-state index contributed by atoms with van der Waals surface area (Å²) in [6, 6.07) is 17.2. The number of para-hydroxylation sites is 2. The number of hydrogen-bond acceptors (Lipinski definition) is 3. The van der Waals surface area contributed by atoms with Gasteiger partial charge >= 0.3 is 5.97 Å². The van der Waals surface area contributed by atoms with Crippen LogP contribution in [0.25, 0.3) is 11.0 Å². The third-order valence-electron chi connectivity index (χ3n) is 3.64. The van der Waals surface area contributed by atoms with Crippen molar-refractivity contribution >= 4 is 22.9 Å². The minimum absolute atomic E-state index is 0.0442. The predicted molar refractivity (Wildman–Crippen MR) is 86.5 cm³/mol. The highest BCUT2D eigenvalue weighted by atomic mass is 16.4. The van der Waals surface area contributed by atoms with Crippen LogP contribution in [0.15, 0.2) is 54.6 Å². The highest BCUT2D eigenvalue weighted by Crippen LogP contribution is 2.19. The first-order chi connectivity index (χ1) is 11.1. The van der Waals surface area contributed by atoms with Crippen LogP contribution in [0.5, 0.6) is 0 Å². The molecule has 116 valence electrons. The van der Waals surface area contributed by atoms with E-state index in [1.807, 2.05) is 54.6 Å². The SMILES string of the molecule is O=C(O)CCC(=O)n1c(Cc2ccccc2)nc2ccccc21. The second-order valence-corrected chi connectivity index (χ2v) is 5.30. The Morgan fingerprint density at radius 3 is 2.39 bits per heavy atom. The maximum Gasteiger partial charge on any atom is 0.303 e. The van der Waals surface area contributed by atoms with Crippen molar-refractivity contribution in [2.24, 2.45) is 0 Å². The average Bonchev–Trinajstić information content (AvgIpc) is 2.91. The number of carbonyl (C=O) groups excluding carboxylic acids is 1. The molecule has 23 heavy (non-hydrogen) atoms. The van der Waals surface area contributed by atoms with Crippen LogP contribution in [0.1, 0.15) is 29.0 Å². The largest absolute Gasteiger partial charge is 0.481 e. The van der Waals surface area contributed by atoms with E-state index in [4.69, 9.17) is 5.11 Å². The maximum absolute atomic E-state index is 12.5. The average molecular weight is 308 g/mol. The molecule has 0 saturated carbocycles. The number of aromatic nitrogens is 2. The van der Waals surface area contributed by atoms with E-state index in [1.54, 1.807) is 4.57 Å². The monoisotopic (exact) mass is 308 g/mol. The Morgan fingerprint density at radius 2 is 1.65 bits per heavy atom. The van der Waals surface area contributed by atoms with Gasteiger partial charge in [-0.2, -0.15) is 0 Å². The molecule has 1 aromatic heterocycles. The molecule has 0 saturated heterocycles. The van der Waals surface area contributed by atoms with Crippen LogP contribution in [-0.4, -0.2) is 26.5 Å². The molecule has 0 bridgehead atoms. The summed E-state index contributed by atoms with van der Waals surface area (Å²) < 4.78 is 1.55. The Kier molecular flexibility index (Phi) is 4.19. The van der Waals surface area contributed by atoms with Crippen molar-refractivity contribution in [3.05, 3.63) is 66.0 Å². The minimum Gasteiger partial charge on any atom is -0.481 e. The van der Waals surface area contributed by atoms with E-state index in [-0.39, 0.29) is 18.7 Å². The molecule has 0 amide bonds. The van der Waals surface area contributed by atoms with Crippen LogP contribution in [0, 0.1) is 0 Å². The molecule has 0 aliphatic carbocycles. The zero-order valence-corrected chi connectivity index (χ0v) is 12.5. The summed E-state index contributed by atoms with van der Waals surface area (Å²) >= 11 is 0. The molecule has 5 nitrogen and oxygen atoms in total. The summed E-state index contributed by atoms with van der Waals surface area (Å²) in [6.45, 7) is 0. The van der Waals surface area contributed by atoms with Gasteiger partial charge < -0.3 is 5.11 Å². The van der Waals surface area contributed by atoms with Crippen LogP contribution >= 0.6 is 0 Å². The predicted octanol–water partition coefficient (Wildman–Crippen LogP) is 3.13. The molecular weight excluding hydrogens is 292 g/mol. The van der Waals surface area contributed by atoms with Crippen molar-refractivity contribution < 1.29 is 14.7 Å². The lowest BCUT2D eigenvalue weighted by atomic mass is 10.1. The van der Waals surface area contributed by atoms with Gasteiger partial charge in [0.2, 0.25) is 5.91 Å². The number of fused-ring (bicyclic) bond motifs is 1. The van der Waals surface area contributed by atoms with Gasteiger partial charge in [-0.05, 0) is 17.7 Å². The Morgan fingerprint density at radius 1 is 0.957 bits per heavy atom. The minimum atomic E-state index is -0.979. The van der Waals surface area contributed by atoms with Gasteiger partial charge in [0.25, 0.3) is 0 Å². The summed E-state index contributed by atoms with van der Waals surface area (Å²) in [4.78, 5) is 27.8. The standard InChI is InChI=1S/C18H16N2O3/c21-17(10-11-18(22)23)20-15-9-5-4-8-14(15)19-16(20)12-13-6-2-1-3-7-13/h1-9H,10-12H2,(H,22,23). The van der Waals surface area contributed by atoms with E-state index >= 15 is 0 Å². The van der Waals surface area contributed by atoms with Crippen molar-refractivity contribution in [3.63, 3.8) is 0 Å². The molecular formula is C18H16N2O3. The number of hydrogen-bond donors (Lipinski definition) is 1. The highest BCUT2D eigenvalue weighted by Gasteiger charge is 2.17. The van der Waals surface area contributed by atoms with Crippen LogP contribution < -0.4 is 0 Å². The van der Waals surface area contributed by atoms with Gasteiger partial charge in [-0.15, -0.1) is 0 Å². The van der Waals surface area contributed by atoms with Crippen LogP contribution in [-0.2, 0) is 11.2 Å². The normalized spacial score (nSPS) is 10.8. The number of nitrogens with zero attached hydrogens (tertiary/aromatic N) is 2. The molecule has 0 aliphatic rings. The van der Waals surface area contributed by atoms with Crippen molar-refractivity contribution in [2.75, 3.05) is 0 Å². The Labute approximate surface area is 133 Å². The first kappa shape index (κ1) is 15.0. The zero-order chi connectivity index (χ0) is 16.2. The summed E-state index contributed by atoms with van der Waals surface area (Å²) in [5.74, 6) is -0.591. The fourth-order valence-corrected chi connectivity index (χ4v) is 2.58. The number of benzene rings is 2. The third kappa shape index (κ3) is 3.29. The lowest BCUT2D eigenvalue weighted by Crippen LogP contribution is -2.15. The summed E-state index contributed by atoms with van der Waals surface area (Å²) in [7, 11) is 0. The van der Waals surface area contributed by atoms with Crippen molar-refractivity contribution in [3.8, 4) is 0 Å². The molecule has 2 aromatic carbocycles. The Hall–Kier alpha value is -2.95. The van der Waals surface area contributed by atoms with E-state index in [9.17, 15) is 9.59 Å². The molecule has 3 aromatic rings. The lowest BCUT2D eigenvalue weighted by molar-refractivity contribution is -0.136. The maximum atomic E-state index is 12.5. The summed E-state index contributed by atoms with van der Waals surface area (Å²) in [6.07, 6.45) is 0.294. The van der Waals surface area contributed by atoms with Gasteiger partial charge in [0.1, 0.15) is 5.82 Å². The van der Waals surface area contributed by atoms with Crippen molar-refractivity contribution in [2.45, 2.75) is 19.3 Å². The second-order valence-electron chi connectivity index (χ2n) is 5.30. The molecule has 0 radical (unpaired) electrons. The highest BCUT2D eigenvalue weighted by molar-refractivity contribution is 5.92. The number of imidazole rings is 1. The number of carboxylic acid groups (broad SMARTS) is 1. The molecule has 0 atom stereocenters. The summed E-state index contributed by atoms with van der Waals surface area (Å²) in [5.41, 5.74) is 2.51.